The van der Waals surface area contributed by atoms with E-state index >= 15 is 0 Å². The van der Waals surface area contributed by atoms with Crippen LogP contribution < -0.4 is 24.8 Å². The third-order valence-electron chi connectivity index (χ3n) is 4.60. The van der Waals surface area contributed by atoms with Crippen molar-refractivity contribution < 1.29 is 14.2 Å². The van der Waals surface area contributed by atoms with Crippen molar-refractivity contribution in [3.63, 3.8) is 0 Å². The Morgan fingerprint density at radius 3 is 2.10 bits per heavy atom. The standard InChI is InChI=1S/C22H26N4O3/c1-6-15-9-7-8-14(2)21(15)26-20-12-19(23-13-24-20)25-16-10-17(27-3)22(29-5)18(11-16)28-4/h7-13H,6H2,1-5H3,(H2,23,24,25,26). The number of rotatable bonds is 8. The Hall–Kier alpha value is -3.48. The van der Waals surface area contributed by atoms with Crippen LogP contribution in [-0.2, 0) is 6.42 Å². The summed E-state index contributed by atoms with van der Waals surface area (Å²) in [5, 5.41) is 6.69. The summed E-state index contributed by atoms with van der Waals surface area (Å²) < 4.78 is 16.2. The molecule has 29 heavy (non-hydrogen) atoms. The Kier molecular flexibility index (Phi) is 6.39. The molecule has 0 radical (unpaired) electrons. The van der Waals surface area contributed by atoms with Crippen molar-refractivity contribution in [2.75, 3.05) is 32.0 Å². The lowest BCUT2D eigenvalue weighted by molar-refractivity contribution is 0.324. The number of aromatic nitrogens is 2. The molecule has 1 heterocycles. The first kappa shape index (κ1) is 20.3. The molecule has 152 valence electrons. The highest BCUT2D eigenvalue weighted by atomic mass is 16.5. The second kappa shape index (κ2) is 9.14. The number of hydrogen-bond acceptors (Lipinski definition) is 7. The average molecular weight is 394 g/mol. The molecule has 0 fully saturated rings. The Morgan fingerprint density at radius 1 is 0.862 bits per heavy atom. The van der Waals surface area contributed by atoms with Crippen LogP contribution in [0.1, 0.15) is 18.1 Å². The number of methoxy groups -OCH3 is 3. The zero-order chi connectivity index (χ0) is 20.8. The highest BCUT2D eigenvalue weighted by Gasteiger charge is 2.14. The number of nitrogens with one attached hydrogen (secondary N) is 2. The van der Waals surface area contributed by atoms with E-state index < -0.39 is 0 Å². The van der Waals surface area contributed by atoms with Gasteiger partial charge in [-0.3, -0.25) is 0 Å². The molecule has 0 amide bonds. The van der Waals surface area contributed by atoms with E-state index in [9.17, 15) is 0 Å². The van der Waals surface area contributed by atoms with Gasteiger partial charge in [0.15, 0.2) is 11.5 Å². The maximum absolute atomic E-state index is 5.41. The molecule has 0 spiro atoms. The molecule has 0 aliphatic carbocycles. The van der Waals surface area contributed by atoms with E-state index in [0.29, 0.717) is 28.9 Å². The molecule has 7 nitrogen and oxygen atoms in total. The van der Waals surface area contributed by atoms with E-state index in [4.69, 9.17) is 14.2 Å². The molecular weight excluding hydrogens is 368 g/mol. The fourth-order valence-corrected chi connectivity index (χ4v) is 3.13. The van der Waals surface area contributed by atoms with E-state index in [1.54, 1.807) is 21.3 Å². The van der Waals surface area contributed by atoms with E-state index in [-0.39, 0.29) is 0 Å². The maximum Gasteiger partial charge on any atom is 0.203 e. The normalized spacial score (nSPS) is 10.4. The van der Waals surface area contributed by atoms with Gasteiger partial charge in [-0.1, -0.05) is 25.1 Å². The summed E-state index contributed by atoms with van der Waals surface area (Å²) in [5.74, 6) is 3.02. The predicted octanol–water partition coefficient (Wildman–Crippen LogP) is 4.86. The van der Waals surface area contributed by atoms with Crippen LogP contribution in [0.4, 0.5) is 23.0 Å². The summed E-state index contributed by atoms with van der Waals surface area (Å²) in [6, 6.07) is 11.8. The molecule has 3 aromatic rings. The van der Waals surface area contributed by atoms with Gasteiger partial charge in [0.05, 0.1) is 21.3 Å². The highest BCUT2D eigenvalue weighted by Crippen LogP contribution is 2.40. The van der Waals surface area contributed by atoms with Gasteiger partial charge in [0.1, 0.15) is 18.0 Å². The first-order valence-electron chi connectivity index (χ1n) is 9.34. The van der Waals surface area contributed by atoms with Gasteiger partial charge < -0.3 is 24.8 Å². The molecule has 0 aliphatic rings. The zero-order valence-electron chi connectivity index (χ0n) is 17.4. The molecule has 0 aliphatic heterocycles. The minimum atomic E-state index is 0.539. The van der Waals surface area contributed by atoms with Gasteiger partial charge in [-0.05, 0) is 24.5 Å². The van der Waals surface area contributed by atoms with Crippen LogP contribution in [0, 0.1) is 6.92 Å². The number of nitrogens with zero attached hydrogens (tertiary/aromatic N) is 2. The molecule has 2 aromatic carbocycles. The minimum absolute atomic E-state index is 0.539. The van der Waals surface area contributed by atoms with E-state index in [1.807, 2.05) is 18.2 Å². The topological polar surface area (TPSA) is 77.5 Å². The number of benzene rings is 2. The van der Waals surface area contributed by atoms with Crippen molar-refractivity contribution in [2.45, 2.75) is 20.3 Å². The van der Waals surface area contributed by atoms with Gasteiger partial charge in [0.2, 0.25) is 5.75 Å². The van der Waals surface area contributed by atoms with Crippen LogP contribution >= 0.6 is 0 Å². The molecule has 2 N–H and O–H groups in total. The molecular formula is C22H26N4O3. The molecule has 0 bridgehead atoms. The first-order valence-corrected chi connectivity index (χ1v) is 9.34. The molecule has 0 saturated carbocycles. The molecule has 0 unspecified atom stereocenters. The highest BCUT2D eigenvalue weighted by molar-refractivity contribution is 5.70. The average Bonchev–Trinajstić information content (AvgIpc) is 2.74. The number of hydrogen-bond donors (Lipinski definition) is 2. The molecule has 1 aromatic heterocycles. The molecule has 3 rings (SSSR count). The van der Waals surface area contributed by atoms with Crippen LogP contribution in [0.15, 0.2) is 42.7 Å². The Morgan fingerprint density at radius 2 is 1.52 bits per heavy atom. The Balaban J connectivity index is 1.88. The first-order chi connectivity index (χ1) is 14.1. The molecule has 0 atom stereocenters. The third-order valence-corrected chi connectivity index (χ3v) is 4.60. The lowest BCUT2D eigenvalue weighted by Crippen LogP contribution is -2.02. The van der Waals surface area contributed by atoms with Crippen molar-refractivity contribution in [3.8, 4) is 17.2 Å². The number of anilines is 4. The van der Waals surface area contributed by atoms with Crippen molar-refractivity contribution >= 4 is 23.0 Å². The summed E-state index contributed by atoms with van der Waals surface area (Å²) >= 11 is 0. The quantitative estimate of drug-likeness (QED) is 0.565. The number of para-hydroxylation sites is 1. The van der Waals surface area contributed by atoms with E-state index in [2.05, 4.69) is 52.6 Å². The number of ether oxygens (including phenoxy) is 3. The lowest BCUT2D eigenvalue weighted by Gasteiger charge is -2.16. The zero-order valence-corrected chi connectivity index (χ0v) is 17.4. The summed E-state index contributed by atoms with van der Waals surface area (Å²) in [4.78, 5) is 8.68. The van der Waals surface area contributed by atoms with Crippen LogP contribution in [0.2, 0.25) is 0 Å². The van der Waals surface area contributed by atoms with Gasteiger partial charge in [0, 0.05) is 29.6 Å². The monoisotopic (exact) mass is 394 g/mol. The van der Waals surface area contributed by atoms with Crippen LogP contribution in [0.25, 0.3) is 0 Å². The largest absolute Gasteiger partial charge is 0.493 e. The Labute approximate surface area is 171 Å². The van der Waals surface area contributed by atoms with Crippen LogP contribution in [0.5, 0.6) is 17.2 Å². The second-order valence-electron chi connectivity index (χ2n) is 6.42. The van der Waals surface area contributed by atoms with Crippen LogP contribution in [-0.4, -0.2) is 31.3 Å². The minimum Gasteiger partial charge on any atom is -0.493 e. The van der Waals surface area contributed by atoms with Crippen molar-refractivity contribution in [1.82, 2.24) is 9.97 Å². The summed E-state index contributed by atoms with van der Waals surface area (Å²) in [7, 11) is 4.74. The molecule has 0 saturated heterocycles. The second-order valence-corrected chi connectivity index (χ2v) is 6.42. The van der Waals surface area contributed by atoms with Gasteiger partial charge in [-0.25, -0.2) is 9.97 Å². The number of aryl methyl sites for hydroxylation is 2. The van der Waals surface area contributed by atoms with Gasteiger partial charge in [-0.15, -0.1) is 0 Å². The van der Waals surface area contributed by atoms with Crippen LogP contribution in [0.3, 0.4) is 0 Å². The van der Waals surface area contributed by atoms with Gasteiger partial charge in [0.25, 0.3) is 0 Å². The van der Waals surface area contributed by atoms with Crippen molar-refractivity contribution in [2.24, 2.45) is 0 Å². The van der Waals surface area contributed by atoms with Crippen molar-refractivity contribution in [1.29, 1.82) is 0 Å². The SMILES string of the molecule is CCc1cccc(C)c1Nc1cc(Nc2cc(OC)c(OC)c(OC)c2)ncn1. The summed E-state index contributed by atoms with van der Waals surface area (Å²) in [6.45, 7) is 4.22. The fourth-order valence-electron chi connectivity index (χ4n) is 3.13. The Bertz CT molecular complexity index is 967. The van der Waals surface area contributed by atoms with Gasteiger partial charge >= 0.3 is 0 Å². The lowest BCUT2D eigenvalue weighted by atomic mass is 10.1. The predicted molar refractivity (Wildman–Crippen MR) is 115 cm³/mol. The molecule has 7 heteroatoms. The van der Waals surface area contributed by atoms with Crippen molar-refractivity contribution in [3.05, 3.63) is 53.9 Å². The van der Waals surface area contributed by atoms with E-state index in [1.165, 1.54) is 17.5 Å². The summed E-state index contributed by atoms with van der Waals surface area (Å²) in [6.07, 6.45) is 2.46. The van der Waals surface area contributed by atoms with E-state index in [0.717, 1.165) is 17.8 Å². The third kappa shape index (κ3) is 4.51. The summed E-state index contributed by atoms with van der Waals surface area (Å²) in [5.41, 5.74) is 4.24. The fraction of sp³-hybridized carbons (Fsp3) is 0.273. The smallest absolute Gasteiger partial charge is 0.203 e. The van der Waals surface area contributed by atoms with Gasteiger partial charge in [-0.2, -0.15) is 0 Å². The maximum atomic E-state index is 5.41.